The molecule has 0 bridgehead atoms. The molecule has 1 heteroatoms. The highest BCUT2D eigenvalue weighted by Gasteiger charge is 2.61. The highest BCUT2D eigenvalue weighted by atomic mass is 28.3. The summed E-state index contributed by atoms with van der Waals surface area (Å²) >= 11 is 0. The Morgan fingerprint density at radius 1 is 0.714 bits per heavy atom. The van der Waals surface area contributed by atoms with Gasteiger partial charge < -0.3 is 0 Å². The van der Waals surface area contributed by atoms with Crippen LogP contribution in [0.15, 0.2) is 23.3 Å². The summed E-state index contributed by atoms with van der Waals surface area (Å²) in [6, 6.07) is 0. The van der Waals surface area contributed by atoms with Gasteiger partial charge in [0, 0.05) is 0 Å². The Morgan fingerprint density at radius 2 is 1.21 bits per heavy atom. The fraction of sp³-hybridized carbons (Fsp3) is 0.852. The summed E-state index contributed by atoms with van der Waals surface area (Å²) in [6.07, 6.45) is 18.9. The van der Waals surface area contributed by atoms with Crippen molar-refractivity contribution >= 4 is 8.07 Å². The summed E-state index contributed by atoms with van der Waals surface area (Å²) in [5.41, 5.74) is 5.56. The molecule has 0 N–H and O–H groups in total. The minimum atomic E-state index is -1.36. The van der Waals surface area contributed by atoms with Crippen LogP contribution in [-0.2, 0) is 0 Å². The van der Waals surface area contributed by atoms with E-state index < -0.39 is 8.07 Å². The third-order valence-corrected chi connectivity index (χ3v) is 15.9. The van der Waals surface area contributed by atoms with Crippen LogP contribution in [0.2, 0.25) is 24.2 Å². The second kappa shape index (κ2) is 7.14. The molecule has 4 saturated carbocycles. The quantitative estimate of drug-likeness (QED) is 0.412. The number of fused-ring (bicyclic) bond motifs is 4. The van der Waals surface area contributed by atoms with Crippen molar-refractivity contribution in [3.8, 4) is 0 Å². The van der Waals surface area contributed by atoms with Crippen LogP contribution in [0.25, 0.3) is 0 Å². The molecule has 0 aromatic heterocycles. The predicted octanol–water partition coefficient (Wildman–Crippen LogP) is 8.24. The fourth-order valence-corrected chi connectivity index (χ4v) is 16.5. The number of hydrogen-bond donors (Lipinski definition) is 0. The Balaban J connectivity index is 1.52. The Kier molecular flexibility index (Phi) is 5.01. The maximum Gasteiger partial charge on any atom is 0.0550 e. The lowest BCUT2D eigenvalue weighted by Crippen LogP contribution is -2.47. The van der Waals surface area contributed by atoms with E-state index in [1.54, 1.807) is 36.8 Å². The lowest BCUT2D eigenvalue weighted by molar-refractivity contribution is 0.184. The summed E-state index contributed by atoms with van der Waals surface area (Å²) in [5, 5.41) is 0. The first kappa shape index (κ1) is 19.6. The lowest BCUT2D eigenvalue weighted by Gasteiger charge is -2.48. The molecule has 0 aromatic rings. The maximum atomic E-state index is 2.88. The summed E-state index contributed by atoms with van der Waals surface area (Å²) in [5.74, 6) is 7.14. The topological polar surface area (TPSA) is 0 Å². The third-order valence-electron chi connectivity index (χ3n) is 10.7. The van der Waals surface area contributed by atoms with Crippen molar-refractivity contribution < 1.29 is 0 Å². The van der Waals surface area contributed by atoms with E-state index >= 15 is 0 Å². The monoisotopic (exact) mass is 396 g/mol. The van der Waals surface area contributed by atoms with Gasteiger partial charge in [0.1, 0.15) is 0 Å². The molecular formula is C27H44Si. The highest BCUT2D eigenvalue weighted by molar-refractivity contribution is 6.80. The fourth-order valence-electron chi connectivity index (χ4n) is 10.0. The van der Waals surface area contributed by atoms with Gasteiger partial charge >= 0.3 is 0 Å². The molecule has 4 fully saturated rings. The van der Waals surface area contributed by atoms with E-state index in [-0.39, 0.29) is 0 Å². The van der Waals surface area contributed by atoms with Crippen LogP contribution < -0.4 is 0 Å². The van der Waals surface area contributed by atoms with Gasteiger partial charge in [0.05, 0.1) is 8.07 Å². The SMILES string of the molecule is CC1=CC=C(C)C2C1CC(C)C2[Si](C)(C)C1C2CCCCC2[C@H]2CCCCC12. The van der Waals surface area contributed by atoms with E-state index in [9.17, 15) is 0 Å². The molecule has 0 saturated heterocycles. The number of allylic oxidation sites excluding steroid dienone is 4. The largest absolute Gasteiger partial charge is 0.0696 e. The van der Waals surface area contributed by atoms with Crippen molar-refractivity contribution in [2.75, 3.05) is 0 Å². The molecule has 9 atom stereocenters. The van der Waals surface area contributed by atoms with Crippen molar-refractivity contribution in [1.29, 1.82) is 0 Å². The second-order valence-electron chi connectivity index (χ2n) is 12.3. The molecule has 0 spiro atoms. The van der Waals surface area contributed by atoms with E-state index in [0.717, 1.165) is 52.5 Å². The van der Waals surface area contributed by atoms with E-state index in [1.165, 1.54) is 32.1 Å². The van der Waals surface area contributed by atoms with Crippen LogP contribution in [0.5, 0.6) is 0 Å². The van der Waals surface area contributed by atoms with E-state index in [0.29, 0.717) is 0 Å². The van der Waals surface area contributed by atoms with Crippen molar-refractivity contribution in [3.05, 3.63) is 23.3 Å². The van der Waals surface area contributed by atoms with Crippen molar-refractivity contribution in [2.24, 2.45) is 41.4 Å². The van der Waals surface area contributed by atoms with Crippen molar-refractivity contribution in [2.45, 2.75) is 103 Å². The Hall–Kier alpha value is -0.303. The summed E-state index contributed by atoms with van der Waals surface area (Å²) in [6.45, 7) is 13.3. The Bertz CT molecular complexity index is 648. The van der Waals surface area contributed by atoms with E-state index in [1.807, 2.05) is 0 Å². The van der Waals surface area contributed by atoms with Gasteiger partial charge in [-0.25, -0.2) is 0 Å². The van der Waals surface area contributed by atoms with Gasteiger partial charge in [-0.2, -0.15) is 0 Å². The van der Waals surface area contributed by atoms with Crippen LogP contribution in [-0.4, -0.2) is 8.07 Å². The normalized spacial score (nSPS) is 48.4. The third kappa shape index (κ3) is 2.81. The van der Waals surface area contributed by atoms with Crippen molar-refractivity contribution in [3.63, 3.8) is 0 Å². The van der Waals surface area contributed by atoms with Gasteiger partial charge in [-0.05, 0) is 85.6 Å². The molecule has 0 aromatic carbocycles. The molecule has 0 amide bonds. The standard InChI is InChI=1S/C27H44Si/c1-17-14-15-18(2)25-24(17)16-19(3)26(25)28(4,5)27-22-12-8-6-10-20(22)21-11-7-9-13-23(21)27/h14-15,19-27H,6-13,16H2,1-5H3/t19?,20-,21?,22?,23?,24?,25?,26?,27?/m1/s1. The van der Waals surface area contributed by atoms with Gasteiger partial charge in [0.15, 0.2) is 0 Å². The maximum absolute atomic E-state index is 2.88. The van der Waals surface area contributed by atoms with E-state index in [4.69, 9.17) is 0 Å². The minimum Gasteiger partial charge on any atom is -0.0696 e. The first-order valence-corrected chi connectivity index (χ1v) is 15.9. The van der Waals surface area contributed by atoms with Gasteiger partial charge in [0.2, 0.25) is 0 Å². The van der Waals surface area contributed by atoms with Crippen LogP contribution in [0.3, 0.4) is 0 Å². The molecule has 5 aliphatic carbocycles. The molecule has 28 heavy (non-hydrogen) atoms. The van der Waals surface area contributed by atoms with Crippen LogP contribution in [0.1, 0.15) is 78.6 Å². The molecule has 0 nitrogen and oxygen atoms in total. The van der Waals surface area contributed by atoms with E-state index in [2.05, 4.69) is 46.0 Å². The zero-order valence-electron chi connectivity index (χ0n) is 19.2. The average molecular weight is 397 g/mol. The molecule has 0 heterocycles. The Labute approximate surface area is 175 Å². The first-order valence-electron chi connectivity index (χ1n) is 12.8. The summed E-state index contributed by atoms with van der Waals surface area (Å²) in [4.78, 5) is 0. The van der Waals surface area contributed by atoms with Crippen LogP contribution in [0.4, 0.5) is 0 Å². The molecular weight excluding hydrogens is 352 g/mol. The molecule has 0 aliphatic heterocycles. The summed E-state index contributed by atoms with van der Waals surface area (Å²) < 4.78 is 0. The molecule has 8 unspecified atom stereocenters. The molecule has 0 radical (unpaired) electrons. The smallest absolute Gasteiger partial charge is 0.0550 e. The van der Waals surface area contributed by atoms with Crippen LogP contribution in [0, 0.1) is 41.4 Å². The molecule has 5 aliphatic rings. The summed E-state index contributed by atoms with van der Waals surface area (Å²) in [7, 11) is -1.36. The predicted molar refractivity (Wildman–Crippen MR) is 124 cm³/mol. The number of hydrogen-bond acceptors (Lipinski definition) is 0. The molecule has 156 valence electrons. The Morgan fingerprint density at radius 3 is 1.79 bits per heavy atom. The van der Waals surface area contributed by atoms with Crippen molar-refractivity contribution in [1.82, 2.24) is 0 Å². The minimum absolute atomic E-state index is 0.863. The lowest BCUT2D eigenvalue weighted by atomic mass is 9.73. The number of rotatable bonds is 2. The van der Waals surface area contributed by atoms with Gasteiger partial charge in [-0.1, -0.05) is 81.8 Å². The molecule has 5 rings (SSSR count). The zero-order valence-corrected chi connectivity index (χ0v) is 20.2. The van der Waals surface area contributed by atoms with Crippen LogP contribution >= 0.6 is 0 Å². The second-order valence-corrected chi connectivity index (χ2v) is 17.2. The first-order chi connectivity index (χ1) is 13.4. The van der Waals surface area contributed by atoms with Gasteiger partial charge in [0.25, 0.3) is 0 Å². The van der Waals surface area contributed by atoms with Gasteiger partial charge in [-0.15, -0.1) is 0 Å². The van der Waals surface area contributed by atoms with Gasteiger partial charge in [-0.3, -0.25) is 0 Å². The highest BCUT2D eigenvalue weighted by Crippen LogP contribution is 2.68. The average Bonchev–Trinajstić information content (AvgIpc) is 3.21. The zero-order chi connectivity index (χ0) is 19.6.